The van der Waals surface area contributed by atoms with Crippen molar-refractivity contribution in [3.63, 3.8) is 0 Å². The topological polar surface area (TPSA) is 21.1 Å². The minimum Gasteiger partial charge on any atom is -0.331 e. The summed E-state index contributed by atoms with van der Waals surface area (Å²) in [5, 5.41) is 0. The third-order valence-corrected chi connectivity index (χ3v) is 5.63. The van der Waals surface area contributed by atoms with Crippen molar-refractivity contribution in [1.82, 2.24) is 14.0 Å². The Morgan fingerprint density at radius 2 is 1.95 bits per heavy atom. The lowest BCUT2D eigenvalue weighted by Gasteiger charge is -2.28. The van der Waals surface area contributed by atoms with Crippen LogP contribution in [0, 0.1) is 5.92 Å². The minimum absolute atomic E-state index is 0.929. The van der Waals surface area contributed by atoms with Crippen molar-refractivity contribution in [3.05, 3.63) is 30.6 Å². The van der Waals surface area contributed by atoms with Crippen LogP contribution < -0.4 is 0 Å². The molecule has 2 aromatic heterocycles. The van der Waals surface area contributed by atoms with Crippen molar-refractivity contribution < 1.29 is 0 Å². The molecule has 0 N–H and O–H groups in total. The molecule has 20 heavy (non-hydrogen) atoms. The molecule has 5 heteroatoms. The van der Waals surface area contributed by atoms with Gasteiger partial charge in [-0.1, -0.05) is 22.2 Å². The van der Waals surface area contributed by atoms with Crippen molar-refractivity contribution in [2.24, 2.45) is 5.92 Å². The molecule has 2 aliphatic rings. The highest BCUT2D eigenvalue weighted by Gasteiger charge is 2.33. The predicted octanol–water partition coefficient (Wildman–Crippen LogP) is 3.72. The molecule has 1 aliphatic carbocycles. The van der Waals surface area contributed by atoms with Crippen molar-refractivity contribution in [2.75, 3.05) is 6.54 Å². The van der Waals surface area contributed by atoms with E-state index in [1.165, 1.54) is 38.6 Å². The number of nitrogens with zero attached hydrogens (tertiary/aromatic N) is 3. The van der Waals surface area contributed by atoms with Crippen LogP contribution >= 0.6 is 18.8 Å². The van der Waals surface area contributed by atoms with E-state index in [1.807, 2.05) is 28.7 Å². The van der Waals surface area contributed by atoms with Crippen LogP contribution in [0.4, 0.5) is 0 Å². The summed E-state index contributed by atoms with van der Waals surface area (Å²) in [5.74, 6) is 1.05. The van der Waals surface area contributed by atoms with E-state index in [9.17, 15) is 0 Å². The number of fused-ring (bicyclic) bond motifs is 2. The molecular formula is C15H23N3P2. The lowest BCUT2D eigenvalue weighted by Crippen LogP contribution is -2.27. The molecule has 3 heterocycles. The zero-order valence-electron chi connectivity index (χ0n) is 11.8. The lowest BCUT2D eigenvalue weighted by atomic mass is 9.86. The van der Waals surface area contributed by atoms with Crippen molar-refractivity contribution >= 4 is 29.8 Å². The van der Waals surface area contributed by atoms with Gasteiger partial charge < -0.3 is 4.34 Å². The van der Waals surface area contributed by atoms with Crippen LogP contribution in [0.1, 0.15) is 32.1 Å². The summed E-state index contributed by atoms with van der Waals surface area (Å²) in [6.07, 6.45) is 11.1. The van der Waals surface area contributed by atoms with E-state index in [4.69, 9.17) is 0 Å². The molecule has 2 fully saturated rings. The summed E-state index contributed by atoms with van der Waals surface area (Å²) < 4.78 is 4.45. The molecule has 1 aliphatic heterocycles. The standard InChI is InChI=1S/C8H16NP.C7H7N2P/c10-9-6-5-7-3-1-2-4-8(7)9;10-9-5-3-6-7(9)2-1-4-8-6/h7-8H,1-6,10H2;1-5H,10H2. The molecule has 2 aromatic rings. The van der Waals surface area contributed by atoms with E-state index >= 15 is 0 Å². The summed E-state index contributed by atoms with van der Waals surface area (Å²) in [6, 6.07) is 6.89. The van der Waals surface area contributed by atoms with Crippen LogP contribution in [0.25, 0.3) is 11.0 Å². The number of rotatable bonds is 0. The van der Waals surface area contributed by atoms with Gasteiger partial charge in [-0.2, -0.15) is 0 Å². The predicted molar refractivity (Wildman–Crippen MR) is 91.6 cm³/mol. The Balaban J connectivity index is 0.000000121. The van der Waals surface area contributed by atoms with Gasteiger partial charge in [-0.25, -0.2) is 0 Å². The number of hydrogen-bond acceptors (Lipinski definition) is 2. The Hall–Kier alpha value is -0.490. The first-order chi connectivity index (χ1) is 9.75. The van der Waals surface area contributed by atoms with Crippen LogP contribution in [-0.2, 0) is 0 Å². The quantitative estimate of drug-likeness (QED) is 0.692. The summed E-state index contributed by atoms with van der Waals surface area (Å²) in [5.41, 5.74) is 2.19. The van der Waals surface area contributed by atoms with Gasteiger partial charge in [0, 0.05) is 25.0 Å². The smallest absolute Gasteiger partial charge is 0.0883 e. The van der Waals surface area contributed by atoms with Crippen LogP contribution in [0.3, 0.4) is 0 Å². The van der Waals surface area contributed by atoms with Crippen molar-refractivity contribution in [3.8, 4) is 0 Å². The van der Waals surface area contributed by atoms with Crippen LogP contribution in [-0.4, -0.2) is 26.6 Å². The molecule has 0 bridgehead atoms. The molecule has 1 saturated heterocycles. The molecule has 4 unspecified atom stereocenters. The largest absolute Gasteiger partial charge is 0.331 e. The normalized spacial score (nSPS) is 26.1. The molecular weight excluding hydrogens is 284 g/mol. The molecule has 3 nitrogen and oxygen atoms in total. The fourth-order valence-corrected chi connectivity index (χ4v) is 4.28. The van der Waals surface area contributed by atoms with Crippen LogP contribution in [0.15, 0.2) is 30.6 Å². The Morgan fingerprint density at radius 3 is 2.75 bits per heavy atom. The van der Waals surface area contributed by atoms with Crippen LogP contribution in [0.5, 0.6) is 0 Å². The van der Waals surface area contributed by atoms with Gasteiger partial charge in [-0.15, -0.1) is 0 Å². The SMILES string of the molecule is PN1CCC2CCCCC21.Pn1ccc2ncccc21. The van der Waals surface area contributed by atoms with E-state index in [-0.39, 0.29) is 0 Å². The van der Waals surface area contributed by atoms with E-state index in [1.54, 1.807) is 6.20 Å². The molecule has 4 rings (SSSR count). The van der Waals surface area contributed by atoms with E-state index in [2.05, 4.69) is 28.4 Å². The average molecular weight is 307 g/mol. The molecule has 0 radical (unpaired) electrons. The zero-order chi connectivity index (χ0) is 13.9. The monoisotopic (exact) mass is 307 g/mol. The molecule has 108 valence electrons. The van der Waals surface area contributed by atoms with Gasteiger partial charge in [0.1, 0.15) is 0 Å². The van der Waals surface area contributed by atoms with E-state index in [0.29, 0.717) is 0 Å². The van der Waals surface area contributed by atoms with Crippen LogP contribution in [0.2, 0.25) is 0 Å². The number of hydrogen-bond donors (Lipinski definition) is 0. The molecule has 0 amide bonds. The second-order valence-corrected chi connectivity index (χ2v) is 6.99. The van der Waals surface area contributed by atoms with Gasteiger partial charge >= 0.3 is 0 Å². The number of aromatic nitrogens is 2. The average Bonchev–Trinajstić information content (AvgIpc) is 3.05. The number of pyridine rings is 1. The van der Waals surface area contributed by atoms with E-state index < -0.39 is 0 Å². The zero-order valence-corrected chi connectivity index (χ0v) is 14.1. The first kappa shape index (κ1) is 14.4. The van der Waals surface area contributed by atoms with E-state index in [0.717, 1.165) is 23.0 Å². The first-order valence-corrected chi connectivity index (χ1v) is 8.47. The van der Waals surface area contributed by atoms with Gasteiger partial charge in [-0.05, 0) is 52.8 Å². The fourth-order valence-electron chi connectivity index (χ4n) is 3.43. The molecule has 4 atom stereocenters. The van der Waals surface area contributed by atoms with Gasteiger partial charge in [0.15, 0.2) is 0 Å². The summed E-state index contributed by atoms with van der Waals surface area (Å²) in [6.45, 7) is 1.32. The maximum absolute atomic E-state index is 4.17. The summed E-state index contributed by atoms with van der Waals surface area (Å²) >= 11 is 0. The maximum Gasteiger partial charge on any atom is 0.0883 e. The second-order valence-electron chi connectivity index (χ2n) is 5.77. The highest BCUT2D eigenvalue weighted by Crippen LogP contribution is 2.37. The summed E-state index contributed by atoms with van der Waals surface area (Å²) in [7, 11) is 5.48. The van der Waals surface area contributed by atoms with Gasteiger partial charge in [0.2, 0.25) is 0 Å². The lowest BCUT2D eigenvalue weighted by molar-refractivity contribution is 0.272. The van der Waals surface area contributed by atoms with Gasteiger partial charge in [0.25, 0.3) is 0 Å². The minimum atomic E-state index is 0.929. The van der Waals surface area contributed by atoms with Crippen molar-refractivity contribution in [1.29, 1.82) is 0 Å². The third kappa shape index (κ3) is 3.06. The maximum atomic E-state index is 4.17. The highest BCUT2D eigenvalue weighted by atomic mass is 31.0. The third-order valence-electron chi connectivity index (χ3n) is 4.54. The molecule has 1 saturated carbocycles. The van der Waals surface area contributed by atoms with Gasteiger partial charge in [-0.3, -0.25) is 9.65 Å². The first-order valence-electron chi connectivity index (χ1n) is 7.44. The Bertz CT molecular complexity index is 567. The Kier molecular flexibility index (Phi) is 4.71. The van der Waals surface area contributed by atoms with Gasteiger partial charge in [0.05, 0.1) is 11.0 Å². The Labute approximate surface area is 125 Å². The fraction of sp³-hybridized carbons (Fsp3) is 0.533. The molecule has 0 spiro atoms. The van der Waals surface area contributed by atoms with Crippen molar-refractivity contribution in [2.45, 2.75) is 38.1 Å². The summed E-state index contributed by atoms with van der Waals surface area (Å²) in [4.78, 5) is 4.17. The Morgan fingerprint density at radius 1 is 1.10 bits per heavy atom. The highest BCUT2D eigenvalue weighted by molar-refractivity contribution is 7.14. The molecule has 0 aromatic carbocycles. The second kappa shape index (κ2) is 6.52.